The Bertz CT molecular complexity index is 931. The lowest BCUT2D eigenvalue weighted by atomic mass is 9.49. The predicted molar refractivity (Wildman–Crippen MR) is 125 cm³/mol. The van der Waals surface area contributed by atoms with E-state index in [1.165, 1.54) is 44.9 Å². The van der Waals surface area contributed by atoms with Gasteiger partial charge in [-0.2, -0.15) is 4.80 Å². The van der Waals surface area contributed by atoms with E-state index in [1.54, 1.807) is 4.80 Å². The molecule has 0 bridgehead atoms. The van der Waals surface area contributed by atoms with Gasteiger partial charge in [-0.15, -0.1) is 10.2 Å². The molecule has 2 unspecified atom stereocenters. The minimum absolute atomic E-state index is 0.111. The van der Waals surface area contributed by atoms with Gasteiger partial charge in [-0.1, -0.05) is 27.2 Å². The van der Waals surface area contributed by atoms with E-state index in [4.69, 9.17) is 0 Å². The van der Waals surface area contributed by atoms with Gasteiger partial charge in [0.2, 0.25) is 0 Å². The first kappa shape index (κ1) is 22.2. The van der Waals surface area contributed by atoms with Gasteiger partial charge < -0.3 is 5.11 Å². The van der Waals surface area contributed by atoms with Crippen LogP contribution in [0.15, 0.2) is 0 Å². The number of aliphatic hydroxyl groups is 1. The highest BCUT2D eigenvalue weighted by atomic mass is 16.3. The van der Waals surface area contributed by atoms with Crippen molar-refractivity contribution in [1.82, 2.24) is 20.2 Å². The van der Waals surface area contributed by atoms with Crippen LogP contribution in [-0.4, -0.2) is 36.7 Å². The Morgan fingerprint density at radius 2 is 1.85 bits per heavy atom. The van der Waals surface area contributed by atoms with E-state index >= 15 is 0 Å². The van der Waals surface area contributed by atoms with Gasteiger partial charge in [0.15, 0.2) is 5.82 Å². The minimum Gasteiger partial charge on any atom is -0.389 e. The fourth-order valence-corrected chi connectivity index (χ4v) is 10.3. The fraction of sp³-hybridized carbons (Fsp3) is 0.926. The van der Waals surface area contributed by atoms with Crippen LogP contribution in [0.1, 0.15) is 84.4 Å². The second kappa shape index (κ2) is 7.60. The predicted octanol–water partition coefficient (Wildman–Crippen LogP) is 4.45. The maximum absolute atomic E-state index is 13.5. The van der Waals surface area contributed by atoms with Crippen LogP contribution in [0.5, 0.6) is 0 Å². The lowest BCUT2D eigenvalue weighted by molar-refractivity contribution is -0.125. The first-order valence-electron chi connectivity index (χ1n) is 13.8. The van der Waals surface area contributed by atoms with Crippen LogP contribution in [0.25, 0.3) is 0 Å². The minimum atomic E-state index is -0.329. The van der Waals surface area contributed by atoms with E-state index in [0.29, 0.717) is 41.8 Å². The summed E-state index contributed by atoms with van der Waals surface area (Å²) in [7, 11) is 0. The zero-order valence-corrected chi connectivity index (χ0v) is 20.9. The molecular weight excluding hydrogens is 412 g/mol. The summed E-state index contributed by atoms with van der Waals surface area (Å²) in [6.45, 7) is 9.46. The summed E-state index contributed by atoms with van der Waals surface area (Å²) in [5.41, 5.74) is -0.218. The molecule has 0 aliphatic heterocycles. The topological polar surface area (TPSA) is 80.9 Å². The molecule has 0 saturated heterocycles. The zero-order chi connectivity index (χ0) is 23.1. The van der Waals surface area contributed by atoms with Gasteiger partial charge in [0.25, 0.3) is 0 Å². The summed E-state index contributed by atoms with van der Waals surface area (Å²) in [6.07, 6.45) is 10.4. The number of ketones is 1. The van der Waals surface area contributed by atoms with E-state index in [0.717, 1.165) is 30.6 Å². The Morgan fingerprint density at radius 3 is 2.58 bits per heavy atom. The quantitative estimate of drug-likeness (QED) is 0.711. The first-order chi connectivity index (χ1) is 15.8. The van der Waals surface area contributed by atoms with E-state index in [-0.39, 0.29) is 22.9 Å². The number of carbonyl (C=O) groups excluding carboxylic acids is 1. The molecule has 0 spiro atoms. The monoisotopic (exact) mass is 454 g/mol. The number of aromatic nitrogens is 4. The Balaban J connectivity index is 1.20. The van der Waals surface area contributed by atoms with Crippen molar-refractivity contribution in [3.63, 3.8) is 0 Å². The van der Waals surface area contributed by atoms with Crippen LogP contribution in [-0.2, 0) is 11.3 Å². The van der Waals surface area contributed by atoms with Gasteiger partial charge in [-0.3, -0.25) is 4.79 Å². The second-order valence-corrected chi connectivity index (χ2v) is 12.9. The maximum Gasteiger partial charge on any atom is 0.171 e. The number of aryl methyl sites for hydroxylation is 1. The molecule has 0 amide bonds. The summed E-state index contributed by atoms with van der Waals surface area (Å²) in [5.74, 6) is 6.19. The van der Waals surface area contributed by atoms with E-state index in [2.05, 4.69) is 36.2 Å². The van der Waals surface area contributed by atoms with Crippen LogP contribution in [0, 0.1) is 65.6 Å². The highest BCUT2D eigenvalue weighted by Crippen LogP contribution is 2.71. The number of carbonyl (C=O) groups is 1. The van der Waals surface area contributed by atoms with Crippen molar-refractivity contribution in [1.29, 1.82) is 0 Å². The number of hydrogen-bond donors (Lipinski definition) is 1. The van der Waals surface area contributed by atoms with Crippen LogP contribution >= 0.6 is 0 Å². The van der Waals surface area contributed by atoms with Crippen molar-refractivity contribution in [3.05, 3.63) is 5.82 Å². The van der Waals surface area contributed by atoms with Gasteiger partial charge in [0.05, 0.1) is 12.1 Å². The van der Waals surface area contributed by atoms with Gasteiger partial charge in [0, 0.05) is 12.3 Å². The molecular formula is C27H42N4O2. The molecule has 1 N–H and O–H groups in total. The summed E-state index contributed by atoms with van der Waals surface area (Å²) in [5, 5.41) is 23.8. The summed E-state index contributed by atoms with van der Waals surface area (Å²) >= 11 is 0. The maximum atomic E-state index is 13.5. The van der Waals surface area contributed by atoms with Crippen molar-refractivity contribution >= 4 is 5.78 Å². The van der Waals surface area contributed by atoms with Gasteiger partial charge in [-0.25, -0.2) is 0 Å². The molecule has 6 nitrogen and oxygen atoms in total. The van der Waals surface area contributed by atoms with Crippen molar-refractivity contribution in [3.8, 4) is 0 Å². The van der Waals surface area contributed by atoms with Crippen LogP contribution < -0.4 is 0 Å². The molecule has 5 aliphatic carbocycles. The van der Waals surface area contributed by atoms with E-state index < -0.39 is 0 Å². The summed E-state index contributed by atoms with van der Waals surface area (Å²) in [4.78, 5) is 15.1. The molecule has 1 heterocycles. The standard InChI is InChI=1S/C27H42N4O2/c1-5-6-21-25-20-8-7-19-17(18(20)10-12-27(21,25)33)9-11-26(4)22(19)13-23(32)24(26)15(2)14-31-29-16(3)28-30-31/h15,17-22,24-25,33H,5-14H2,1-4H3/t15-,17+,18+,19+,20-,21?,22-,24-,25?,26-,27-/m0/s1. The number of tetrazole rings is 1. The third-order valence-electron chi connectivity index (χ3n) is 11.4. The number of fused-ring (bicyclic) bond motifs is 7. The second-order valence-electron chi connectivity index (χ2n) is 12.9. The number of rotatable bonds is 5. The Morgan fingerprint density at radius 1 is 1.12 bits per heavy atom. The van der Waals surface area contributed by atoms with Crippen molar-refractivity contribution in [2.75, 3.05) is 0 Å². The molecule has 6 heteroatoms. The van der Waals surface area contributed by atoms with Gasteiger partial charge in [-0.05, 0) is 110 Å². The molecule has 5 aliphatic rings. The van der Waals surface area contributed by atoms with Crippen LogP contribution in [0.4, 0.5) is 0 Å². The SMILES string of the molecule is CCCC1C2[C@H]3CC[C@@H]4[C@H](CC[C@]5(C)[C@@H]([C@@H](C)Cn6nnc(C)n6)C(=O)C[C@@H]45)[C@H]3CC[C@]12O. The Labute approximate surface area is 198 Å². The van der Waals surface area contributed by atoms with Crippen molar-refractivity contribution < 1.29 is 9.90 Å². The number of Topliss-reactive ketones (excluding diaryl/α,β-unsaturated/α-hetero) is 1. The molecule has 33 heavy (non-hydrogen) atoms. The van der Waals surface area contributed by atoms with E-state index in [1.807, 2.05) is 6.92 Å². The molecule has 0 radical (unpaired) electrons. The Kier molecular flexibility index (Phi) is 5.11. The number of nitrogens with zero attached hydrogens (tertiary/aromatic N) is 4. The average Bonchev–Trinajstić information content (AvgIpc) is 3.01. The van der Waals surface area contributed by atoms with E-state index in [9.17, 15) is 9.90 Å². The fourth-order valence-electron chi connectivity index (χ4n) is 10.3. The smallest absolute Gasteiger partial charge is 0.171 e. The zero-order valence-electron chi connectivity index (χ0n) is 20.9. The molecule has 182 valence electrons. The highest BCUT2D eigenvalue weighted by Gasteiger charge is 2.70. The molecule has 0 aromatic carbocycles. The lowest BCUT2D eigenvalue weighted by Crippen LogP contribution is -2.50. The first-order valence-corrected chi connectivity index (χ1v) is 13.8. The molecule has 1 aromatic heterocycles. The van der Waals surface area contributed by atoms with Crippen LogP contribution in [0.3, 0.4) is 0 Å². The molecule has 6 rings (SSSR count). The van der Waals surface area contributed by atoms with Gasteiger partial charge >= 0.3 is 0 Å². The summed E-state index contributed by atoms with van der Waals surface area (Å²) in [6, 6.07) is 0. The van der Waals surface area contributed by atoms with Crippen molar-refractivity contribution in [2.24, 2.45) is 58.7 Å². The lowest BCUT2D eigenvalue weighted by Gasteiger charge is -2.56. The molecule has 5 fully saturated rings. The largest absolute Gasteiger partial charge is 0.389 e. The number of hydrogen-bond acceptors (Lipinski definition) is 5. The third kappa shape index (κ3) is 3.14. The summed E-state index contributed by atoms with van der Waals surface area (Å²) < 4.78 is 0. The highest BCUT2D eigenvalue weighted by molar-refractivity contribution is 5.85. The molecule has 5 saturated carbocycles. The normalized spacial score (nSPS) is 49.1. The Hall–Kier alpha value is -1.30. The third-order valence-corrected chi connectivity index (χ3v) is 11.4. The van der Waals surface area contributed by atoms with Crippen LogP contribution in [0.2, 0.25) is 0 Å². The molecule has 11 atom stereocenters. The van der Waals surface area contributed by atoms with Gasteiger partial charge in [0.1, 0.15) is 5.78 Å². The average molecular weight is 455 g/mol. The molecule has 1 aromatic rings. The van der Waals surface area contributed by atoms with Crippen molar-refractivity contribution in [2.45, 2.75) is 97.6 Å².